The van der Waals surface area contributed by atoms with Crippen LogP contribution in [0, 0.1) is 11.3 Å². The maximum atomic E-state index is 12.7. The van der Waals surface area contributed by atoms with E-state index >= 15 is 0 Å². The van der Waals surface area contributed by atoms with E-state index in [4.69, 9.17) is 20.9 Å². The highest BCUT2D eigenvalue weighted by molar-refractivity contribution is 5.72. The summed E-state index contributed by atoms with van der Waals surface area (Å²) < 4.78 is 12.0. The second-order valence-corrected chi connectivity index (χ2v) is 9.96. The maximum Gasteiger partial charge on any atom is 0.315 e. The molecule has 0 bridgehead atoms. The quantitative estimate of drug-likeness (QED) is 0.446. The number of nitrogens with zero attached hydrogens (tertiary/aromatic N) is 1. The second-order valence-electron chi connectivity index (χ2n) is 9.96. The van der Waals surface area contributed by atoms with Crippen LogP contribution >= 0.6 is 0 Å². The van der Waals surface area contributed by atoms with Crippen LogP contribution in [0.1, 0.15) is 70.8 Å². The molecule has 34 heavy (non-hydrogen) atoms. The third-order valence-electron chi connectivity index (χ3n) is 7.53. The molecule has 6 heteroatoms. The number of allylic oxidation sites excluding steroid dienone is 3. The number of amides is 2. The molecule has 188 valence electrons. The van der Waals surface area contributed by atoms with E-state index in [0.717, 1.165) is 68.4 Å². The van der Waals surface area contributed by atoms with Crippen LogP contribution in [-0.4, -0.2) is 36.7 Å². The lowest BCUT2D eigenvalue weighted by molar-refractivity contribution is 0.0530. The summed E-state index contributed by atoms with van der Waals surface area (Å²) in [6.45, 7) is 5.33. The zero-order valence-electron chi connectivity index (χ0n) is 21.2. The number of hydrogen-bond donors (Lipinski definition) is 2. The first-order valence-electron chi connectivity index (χ1n) is 12.9. The number of primary amides is 1. The van der Waals surface area contributed by atoms with Gasteiger partial charge in [0, 0.05) is 30.0 Å². The molecule has 0 radical (unpaired) electrons. The first-order chi connectivity index (χ1) is 16.4. The van der Waals surface area contributed by atoms with Gasteiger partial charge in [-0.2, -0.15) is 0 Å². The lowest BCUT2D eigenvalue weighted by atomic mass is 9.64. The third-order valence-corrected chi connectivity index (χ3v) is 7.53. The summed E-state index contributed by atoms with van der Waals surface area (Å²) in [5.41, 5.74) is 12.9. The van der Waals surface area contributed by atoms with Gasteiger partial charge >= 0.3 is 6.03 Å². The number of rotatable bonds is 11. The Morgan fingerprint density at radius 1 is 1.21 bits per heavy atom. The molecule has 4 N–H and O–H groups in total. The highest BCUT2D eigenvalue weighted by Crippen LogP contribution is 2.47. The van der Waals surface area contributed by atoms with Gasteiger partial charge in [0.25, 0.3) is 0 Å². The number of ether oxygens (including phenoxy) is 2. The monoisotopic (exact) mass is 469 g/mol. The van der Waals surface area contributed by atoms with Gasteiger partial charge in [0.15, 0.2) is 0 Å². The van der Waals surface area contributed by atoms with Crippen LogP contribution < -0.4 is 16.2 Å². The van der Waals surface area contributed by atoms with Gasteiger partial charge < -0.3 is 25.8 Å². The Balaban J connectivity index is 1.87. The molecule has 0 saturated heterocycles. The molecule has 2 amide bonds. The average molecular weight is 470 g/mol. The van der Waals surface area contributed by atoms with Crippen LogP contribution in [0.3, 0.4) is 0 Å². The van der Waals surface area contributed by atoms with Crippen molar-refractivity contribution in [3.8, 4) is 5.75 Å². The van der Waals surface area contributed by atoms with Crippen molar-refractivity contribution in [1.82, 2.24) is 4.90 Å². The van der Waals surface area contributed by atoms with E-state index in [2.05, 4.69) is 32.1 Å². The minimum atomic E-state index is -0.416. The number of hydrogen-bond acceptors (Lipinski definition) is 4. The molecular weight excluding hydrogens is 426 g/mol. The molecule has 0 spiro atoms. The molecule has 1 saturated carbocycles. The predicted molar refractivity (Wildman–Crippen MR) is 137 cm³/mol. The normalized spacial score (nSPS) is 25.4. The summed E-state index contributed by atoms with van der Waals surface area (Å²) in [5, 5.41) is 0. The fraction of sp³-hybridized carbons (Fsp3) is 0.607. The maximum absolute atomic E-state index is 12.7. The topological polar surface area (TPSA) is 90.8 Å². The van der Waals surface area contributed by atoms with Crippen LogP contribution in [-0.2, 0) is 11.3 Å². The van der Waals surface area contributed by atoms with E-state index < -0.39 is 6.03 Å². The Labute approximate surface area is 205 Å². The van der Waals surface area contributed by atoms with Crippen molar-refractivity contribution in [2.24, 2.45) is 22.8 Å². The van der Waals surface area contributed by atoms with Crippen molar-refractivity contribution in [3.05, 3.63) is 53.8 Å². The Hall–Kier alpha value is -2.47. The number of carbonyl (C=O) groups is 1. The van der Waals surface area contributed by atoms with Crippen LogP contribution in [0.5, 0.6) is 5.75 Å². The van der Waals surface area contributed by atoms with Crippen molar-refractivity contribution in [3.63, 3.8) is 0 Å². The van der Waals surface area contributed by atoms with Crippen LogP contribution in [0.15, 0.2) is 48.3 Å². The minimum absolute atomic E-state index is 0.223. The van der Waals surface area contributed by atoms with Crippen molar-refractivity contribution in [1.29, 1.82) is 0 Å². The molecule has 0 aliphatic heterocycles. The van der Waals surface area contributed by atoms with Gasteiger partial charge in [-0.15, -0.1) is 0 Å². The summed E-state index contributed by atoms with van der Waals surface area (Å²) in [5.74, 6) is 2.20. The van der Waals surface area contributed by atoms with Crippen molar-refractivity contribution in [2.75, 3.05) is 13.7 Å². The SMILES string of the molecule is CCCC(CC)OC1=CC=CC(CN(Cc2ccccc2OC)C(N)=O)(C2CCC(N)CC2)C1. The lowest BCUT2D eigenvalue weighted by Gasteiger charge is -2.46. The molecule has 1 aromatic carbocycles. The zero-order valence-corrected chi connectivity index (χ0v) is 21.2. The van der Waals surface area contributed by atoms with E-state index in [9.17, 15) is 4.79 Å². The number of methoxy groups -OCH3 is 1. The first-order valence-corrected chi connectivity index (χ1v) is 12.9. The first kappa shape index (κ1) is 26.1. The third kappa shape index (κ3) is 6.56. The molecule has 2 aliphatic rings. The molecule has 0 heterocycles. The summed E-state index contributed by atoms with van der Waals surface area (Å²) in [7, 11) is 1.65. The standard InChI is InChI=1S/C28H43N3O3/c1-4-9-24(5-2)34-25-11-8-17-28(18-25,22-13-15-23(29)16-14-22)20-31(27(30)32)19-21-10-6-7-12-26(21)33-3/h6-8,10-12,17,22-24H,4-5,9,13-16,18-20,29H2,1-3H3,(H2,30,32). The van der Waals surface area contributed by atoms with E-state index in [-0.39, 0.29) is 17.6 Å². The smallest absolute Gasteiger partial charge is 0.315 e. The molecule has 3 rings (SSSR count). The molecule has 0 aromatic heterocycles. The summed E-state index contributed by atoms with van der Waals surface area (Å²) in [6.07, 6.45) is 14.8. The average Bonchev–Trinajstić information content (AvgIpc) is 2.84. The number of carbonyl (C=O) groups excluding carboxylic acids is 1. The molecule has 1 aromatic rings. The van der Waals surface area contributed by atoms with E-state index in [1.165, 1.54) is 0 Å². The van der Waals surface area contributed by atoms with Crippen molar-refractivity contribution >= 4 is 6.03 Å². The van der Waals surface area contributed by atoms with E-state index in [1.54, 1.807) is 12.0 Å². The minimum Gasteiger partial charge on any atom is -0.496 e. The molecule has 6 nitrogen and oxygen atoms in total. The Kier molecular flexibility index (Phi) is 9.45. The molecule has 2 unspecified atom stereocenters. The lowest BCUT2D eigenvalue weighted by Crippen LogP contribution is -2.48. The molecule has 2 aliphatic carbocycles. The largest absolute Gasteiger partial charge is 0.496 e. The van der Waals surface area contributed by atoms with Crippen molar-refractivity contribution in [2.45, 2.75) is 83.9 Å². The summed E-state index contributed by atoms with van der Waals surface area (Å²) in [6, 6.07) is 7.65. The van der Waals surface area contributed by atoms with E-state index in [1.807, 2.05) is 24.3 Å². The zero-order chi connectivity index (χ0) is 24.6. The molecule has 2 atom stereocenters. The highest BCUT2D eigenvalue weighted by Gasteiger charge is 2.42. The van der Waals surface area contributed by atoms with Gasteiger partial charge in [-0.25, -0.2) is 4.79 Å². The molecular formula is C28H43N3O3. The summed E-state index contributed by atoms with van der Waals surface area (Å²) >= 11 is 0. The van der Waals surface area contributed by atoms with Gasteiger partial charge in [-0.3, -0.25) is 0 Å². The van der Waals surface area contributed by atoms with Gasteiger partial charge in [0.05, 0.1) is 25.5 Å². The van der Waals surface area contributed by atoms with E-state index in [0.29, 0.717) is 19.0 Å². The Morgan fingerprint density at radius 2 is 1.94 bits per heavy atom. The second kappa shape index (κ2) is 12.3. The Morgan fingerprint density at radius 3 is 2.59 bits per heavy atom. The number of para-hydroxylation sites is 1. The summed E-state index contributed by atoms with van der Waals surface area (Å²) in [4.78, 5) is 14.4. The van der Waals surface area contributed by atoms with Gasteiger partial charge in [-0.1, -0.05) is 50.6 Å². The molecule has 1 fully saturated rings. The van der Waals surface area contributed by atoms with Crippen LogP contribution in [0.25, 0.3) is 0 Å². The number of urea groups is 1. The number of benzene rings is 1. The van der Waals surface area contributed by atoms with Gasteiger partial charge in [0.1, 0.15) is 5.75 Å². The van der Waals surface area contributed by atoms with Crippen LogP contribution in [0.2, 0.25) is 0 Å². The fourth-order valence-corrected chi connectivity index (χ4v) is 5.57. The fourth-order valence-electron chi connectivity index (χ4n) is 5.57. The van der Waals surface area contributed by atoms with Crippen molar-refractivity contribution < 1.29 is 14.3 Å². The number of nitrogens with two attached hydrogens (primary N) is 2. The Bertz CT molecular complexity index is 860. The predicted octanol–water partition coefficient (Wildman–Crippen LogP) is 5.52. The van der Waals surface area contributed by atoms with Crippen LogP contribution in [0.4, 0.5) is 4.79 Å². The highest BCUT2D eigenvalue weighted by atomic mass is 16.5. The van der Waals surface area contributed by atoms with Gasteiger partial charge in [0.2, 0.25) is 0 Å². The van der Waals surface area contributed by atoms with Gasteiger partial charge in [-0.05, 0) is 56.6 Å².